The molecule has 53 heteroatoms. The Balaban J connectivity index is 4.27. The van der Waals surface area contributed by atoms with Crippen molar-refractivity contribution in [3.8, 4) is 0 Å². The first-order valence-corrected chi connectivity index (χ1v) is 29.9. The van der Waals surface area contributed by atoms with Crippen LogP contribution < -0.4 is 10.4 Å². The van der Waals surface area contributed by atoms with Gasteiger partial charge in [0, 0.05) is 0 Å². The van der Waals surface area contributed by atoms with Gasteiger partial charge in [0.1, 0.15) is 0 Å². The van der Waals surface area contributed by atoms with Crippen molar-refractivity contribution in [3.05, 3.63) is 150 Å². The van der Waals surface area contributed by atoms with Gasteiger partial charge in [-0.1, -0.05) is 0 Å². The molecule has 0 aromatic heterocycles. The van der Waals surface area contributed by atoms with Gasteiger partial charge in [-0.2, -0.15) is 70.2 Å². The van der Waals surface area contributed by atoms with Crippen molar-refractivity contribution in [2.75, 3.05) is 0 Å². The first-order valence-electron chi connectivity index (χ1n) is 17.6. The Morgan fingerprint density at radius 2 is 0.407 bits per heavy atom. The van der Waals surface area contributed by atoms with Crippen LogP contribution in [0.3, 0.4) is 0 Å². The summed E-state index contributed by atoms with van der Waals surface area (Å²) in [5, 5.41) is -7.93. The number of halogens is 34. The highest BCUT2D eigenvalue weighted by molar-refractivity contribution is 7.04. The van der Waals surface area contributed by atoms with Crippen LogP contribution in [0.25, 0.3) is 0 Å². The second-order valence-electron chi connectivity index (χ2n) is 13.0. The molecule has 0 amide bonds. The molecule has 0 aliphatic carbocycles. The lowest BCUT2D eigenvalue weighted by Crippen LogP contribution is -2.77. The van der Waals surface area contributed by atoms with Crippen molar-refractivity contribution in [3.63, 3.8) is 0 Å². The zero-order chi connectivity index (χ0) is 63.5. The second kappa shape index (κ2) is 27.2. The standard InChI is InChI=1S/C28F34O9Si10/c29-1-3(31)7(35)11(8(36)4(1)32)78(63-72,64-73)69-81(66-75,28(62)20(53)54)71-79(12-9(37)5(33)2(30)6(34)10(12)38,67-76(21(55)13(39)40,22(56)14(41)42)23(57)15(43)44)70-80(65-74,27(61)19(51)52)68-77(24(58)16(45)46,25(59)17(47)48)26(60)18(49)50. The van der Waals surface area contributed by atoms with Crippen molar-refractivity contribution in [2.45, 2.75) is 0 Å². The van der Waals surface area contributed by atoms with Gasteiger partial charge < -0.3 is 37.0 Å². The van der Waals surface area contributed by atoms with Gasteiger partial charge in [-0.05, 0) is 0 Å². The molecule has 2 aromatic rings. The van der Waals surface area contributed by atoms with Gasteiger partial charge in [-0.25, -0.2) is 79.0 Å². The van der Waals surface area contributed by atoms with E-state index < -0.39 is 213 Å². The van der Waals surface area contributed by atoms with Crippen LogP contribution in [0.2, 0.25) is 0 Å². The van der Waals surface area contributed by atoms with E-state index in [0.717, 1.165) is 10.5 Å². The van der Waals surface area contributed by atoms with Gasteiger partial charge in [-0.15, -0.1) is 0 Å². The van der Waals surface area contributed by atoms with Crippen LogP contribution in [0.1, 0.15) is 0 Å². The number of hydrogen-bond donors (Lipinski definition) is 0. The molecule has 0 fully saturated rings. The zero-order valence-corrected chi connectivity index (χ0v) is 45.5. The number of benzene rings is 2. The molecule has 2 rings (SSSR count). The van der Waals surface area contributed by atoms with Crippen LogP contribution in [0.15, 0.2) is 92.2 Å². The quantitative estimate of drug-likeness (QED) is 0.0442. The fourth-order valence-electron chi connectivity index (χ4n) is 5.38. The summed E-state index contributed by atoms with van der Waals surface area (Å²) in [6, 6.07) is 0. The molecule has 0 bridgehead atoms. The van der Waals surface area contributed by atoms with Crippen LogP contribution in [0, 0.1) is 58.2 Å². The van der Waals surface area contributed by atoms with E-state index in [-0.39, 0.29) is 0 Å². The van der Waals surface area contributed by atoms with E-state index in [0.29, 0.717) is 0 Å². The van der Waals surface area contributed by atoms with E-state index in [4.69, 9.17) is 0 Å². The van der Waals surface area contributed by atoms with Gasteiger partial charge in [0.2, 0.25) is 64.5 Å². The lowest BCUT2D eigenvalue weighted by molar-refractivity contribution is 0.134. The lowest BCUT2D eigenvalue weighted by Gasteiger charge is -2.46. The molecule has 0 saturated carbocycles. The SMILES string of the molecule is FC(F)=C(F)[Si](O[Si])(O[Si](C(F)=C(F)F)(C(F)=C(F)F)C(F)=C(F)F)O[Si](O[Si](O[Si])(O[Si](O[Si])(O[Si])c1c(F)c(F)c(F)c(F)c1F)C(F)=C(F)F)(O[Si](C(F)=C(F)F)(C(F)=C(F)F)C(F)=C(F)F)c1c(F)c(F)c(F)c(F)c1F. The Hall–Kier alpha value is -4.21. The minimum Gasteiger partial charge on any atom is -0.413 e. The number of hydrogen-bond acceptors (Lipinski definition) is 9. The highest BCUT2D eigenvalue weighted by atomic mass is 28.6. The Kier molecular flexibility index (Phi) is 24.5. The molecular formula is C28F34O9Si10. The summed E-state index contributed by atoms with van der Waals surface area (Å²) >= 11 is 0. The maximum Gasteiger partial charge on any atom is 0.547 e. The Labute approximate surface area is 440 Å². The molecule has 2 aromatic carbocycles. The summed E-state index contributed by atoms with van der Waals surface area (Å²) < 4.78 is 544. The maximum absolute atomic E-state index is 16.5. The zero-order valence-electron chi connectivity index (χ0n) is 35.5. The average molecular weight is 1410 g/mol. The predicted molar refractivity (Wildman–Crippen MR) is 202 cm³/mol. The Bertz CT molecular complexity index is 2880. The minimum atomic E-state index is -10.7. The fraction of sp³-hybridized carbons (Fsp3) is 0. The van der Waals surface area contributed by atoms with Crippen molar-refractivity contribution < 1.29 is 186 Å². The molecular weight excluding hydrogens is 1410 g/mol. The minimum absolute atomic E-state index is 1.02. The molecule has 81 heavy (non-hydrogen) atoms. The fourth-order valence-corrected chi connectivity index (χ4v) is 30.8. The molecule has 0 aliphatic rings. The highest BCUT2D eigenvalue weighted by Crippen LogP contribution is 2.49. The summed E-state index contributed by atoms with van der Waals surface area (Å²) in [5.41, 5.74) is -39.7. The van der Waals surface area contributed by atoms with Crippen molar-refractivity contribution in [1.82, 2.24) is 0 Å². The second-order valence-corrected chi connectivity index (χ2v) is 32.0. The average Bonchev–Trinajstić information content (AvgIpc) is 3.40. The Morgan fingerprint density at radius 1 is 0.222 bits per heavy atom. The highest BCUT2D eigenvalue weighted by Gasteiger charge is 2.76. The molecule has 0 aliphatic heterocycles. The molecule has 0 saturated heterocycles. The third-order valence-corrected chi connectivity index (χ3v) is 32.4. The van der Waals surface area contributed by atoms with E-state index in [9.17, 15) is 87.8 Å². The molecule has 0 heterocycles. The number of rotatable bonds is 24. The normalized spacial score (nSPS) is 14.3. The monoisotopic (exact) mass is 1410 g/mol. The van der Waals surface area contributed by atoms with E-state index >= 15 is 61.5 Å². The summed E-state index contributed by atoms with van der Waals surface area (Å²) in [7, 11) is -52.3. The van der Waals surface area contributed by atoms with Crippen molar-refractivity contribution in [2.24, 2.45) is 0 Å². The summed E-state index contributed by atoms with van der Waals surface area (Å²) in [4.78, 5) is 0. The van der Waals surface area contributed by atoms with E-state index in [1.165, 1.54) is 10.5 Å². The molecule has 3 unspecified atom stereocenters. The topological polar surface area (TPSA) is 83.1 Å². The van der Waals surface area contributed by atoms with Gasteiger partial charge in [-0.3, -0.25) is 0 Å². The van der Waals surface area contributed by atoms with Crippen molar-refractivity contribution >= 4 is 104 Å². The third-order valence-electron chi connectivity index (χ3n) is 8.67. The smallest absolute Gasteiger partial charge is 0.413 e. The van der Waals surface area contributed by atoms with Crippen LogP contribution in [0.4, 0.5) is 149 Å². The predicted octanol–water partition coefficient (Wildman–Crippen LogP) is 11.3. The lowest BCUT2D eigenvalue weighted by atomic mass is 10.3. The van der Waals surface area contributed by atoms with Gasteiger partial charge >= 0.3 is 100 Å². The maximum atomic E-state index is 16.5. The van der Waals surface area contributed by atoms with E-state index in [1.54, 1.807) is 21.0 Å². The molecule has 9 nitrogen and oxygen atoms in total. The summed E-state index contributed by atoms with van der Waals surface area (Å²) in [5.74, 6) is -39.4. The molecule has 0 spiro atoms. The molecule has 0 N–H and O–H groups in total. The van der Waals surface area contributed by atoms with Crippen LogP contribution in [-0.4, -0.2) is 93.8 Å². The van der Waals surface area contributed by atoms with Crippen LogP contribution in [-0.2, 0) is 37.0 Å². The van der Waals surface area contributed by atoms with E-state index in [1.807, 2.05) is 0 Å². The van der Waals surface area contributed by atoms with Crippen LogP contribution in [0.5, 0.6) is 0 Å². The molecule has 3 atom stereocenters. The van der Waals surface area contributed by atoms with Crippen molar-refractivity contribution in [1.29, 1.82) is 0 Å². The van der Waals surface area contributed by atoms with Gasteiger partial charge in [0.25, 0.3) is 0 Å². The molecule has 12 radical (unpaired) electrons. The van der Waals surface area contributed by atoms with Gasteiger partial charge in [0.15, 0.2) is 79.2 Å². The van der Waals surface area contributed by atoms with Gasteiger partial charge in [0.05, 0.1) is 10.4 Å². The largest absolute Gasteiger partial charge is 0.547 e. The Morgan fingerprint density at radius 3 is 0.617 bits per heavy atom. The first-order chi connectivity index (χ1) is 37.0. The summed E-state index contributed by atoms with van der Waals surface area (Å²) in [6.45, 7) is 0. The van der Waals surface area contributed by atoms with Crippen LogP contribution >= 0.6 is 0 Å². The first kappa shape index (κ1) is 72.9. The summed E-state index contributed by atoms with van der Waals surface area (Å²) in [6.07, 6.45) is -39.6. The van der Waals surface area contributed by atoms with E-state index in [2.05, 4.69) is 37.0 Å². The third kappa shape index (κ3) is 13.1. The molecule has 444 valence electrons.